The second-order valence-electron chi connectivity index (χ2n) is 7.45. The van der Waals surface area contributed by atoms with Crippen molar-refractivity contribution in [2.24, 2.45) is 5.92 Å². The molecular formula is C20H23F3N2O3S2. The fraction of sp³-hybridized carbons (Fsp3) is 0.450. The van der Waals surface area contributed by atoms with Crippen LogP contribution in [0.5, 0.6) is 0 Å². The summed E-state index contributed by atoms with van der Waals surface area (Å²) in [5, 5.41) is 6.97. The van der Waals surface area contributed by atoms with Gasteiger partial charge in [-0.3, -0.25) is 4.79 Å². The van der Waals surface area contributed by atoms with E-state index in [0.29, 0.717) is 18.9 Å². The van der Waals surface area contributed by atoms with Crippen LogP contribution in [-0.2, 0) is 27.4 Å². The monoisotopic (exact) mass is 460 g/mol. The molecule has 1 saturated heterocycles. The molecule has 2 heterocycles. The van der Waals surface area contributed by atoms with Gasteiger partial charge in [-0.05, 0) is 66.8 Å². The van der Waals surface area contributed by atoms with Crippen LogP contribution in [0.2, 0.25) is 0 Å². The summed E-state index contributed by atoms with van der Waals surface area (Å²) >= 11 is 1.59. The molecule has 1 aromatic heterocycles. The lowest BCUT2D eigenvalue weighted by molar-refractivity contribution is -0.137. The van der Waals surface area contributed by atoms with Gasteiger partial charge in [-0.15, -0.1) is 0 Å². The molecule has 0 radical (unpaired) electrons. The number of sulfonamides is 1. The number of nitrogens with one attached hydrogen (secondary N) is 1. The first kappa shape index (κ1) is 22.8. The van der Waals surface area contributed by atoms with E-state index in [1.165, 1.54) is 0 Å². The Hall–Kier alpha value is -1.91. The smallest absolute Gasteiger partial charge is 0.353 e. The SMILES string of the molecule is CC(Cc1ccsc1)NC(=O)C1CCN(S(=O)(=O)c2cccc(C(F)(F)F)c2)CC1. The van der Waals surface area contributed by atoms with Crippen molar-refractivity contribution in [3.8, 4) is 0 Å². The highest BCUT2D eigenvalue weighted by Crippen LogP contribution is 2.32. The average Bonchev–Trinajstić information content (AvgIpc) is 3.20. The molecule has 1 amide bonds. The Labute approximate surface area is 178 Å². The Kier molecular flexibility index (Phi) is 6.88. The number of amides is 1. The number of hydrogen-bond acceptors (Lipinski definition) is 4. The number of nitrogens with zero attached hydrogens (tertiary/aromatic N) is 1. The maximum absolute atomic E-state index is 12.9. The van der Waals surface area contributed by atoms with Crippen LogP contribution in [-0.4, -0.2) is 37.8 Å². The molecule has 3 rings (SSSR count). The third-order valence-electron chi connectivity index (χ3n) is 5.13. The topological polar surface area (TPSA) is 66.5 Å². The largest absolute Gasteiger partial charge is 0.416 e. The number of benzene rings is 1. The molecule has 1 unspecified atom stereocenters. The van der Waals surface area contributed by atoms with Crippen molar-refractivity contribution in [1.29, 1.82) is 0 Å². The fourth-order valence-electron chi connectivity index (χ4n) is 3.51. The van der Waals surface area contributed by atoms with Crippen LogP contribution in [0.15, 0.2) is 46.0 Å². The molecule has 1 N–H and O–H groups in total. The molecule has 2 aromatic rings. The standard InChI is InChI=1S/C20H23F3N2O3S2/c1-14(11-15-7-10-29-13-15)24-19(26)16-5-8-25(9-6-16)30(27,28)18-4-2-3-17(12-18)20(21,22)23/h2-4,7,10,12-14,16H,5-6,8-9,11H2,1H3,(H,24,26). The molecule has 10 heteroatoms. The maximum Gasteiger partial charge on any atom is 0.416 e. The van der Waals surface area contributed by atoms with Gasteiger partial charge in [-0.2, -0.15) is 28.8 Å². The van der Waals surface area contributed by atoms with Crippen molar-refractivity contribution in [1.82, 2.24) is 9.62 Å². The Morgan fingerprint density at radius 1 is 1.27 bits per heavy atom. The number of carbonyl (C=O) groups is 1. The number of rotatable bonds is 6. The van der Waals surface area contributed by atoms with Crippen molar-refractivity contribution in [3.63, 3.8) is 0 Å². The first-order valence-corrected chi connectivity index (χ1v) is 11.9. The summed E-state index contributed by atoms with van der Waals surface area (Å²) in [5.74, 6) is -0.434. The predicted molar refractivity (Wildman–Crippen MR) is 109 cm³/mol. The third kappa shape index (κ3) is 5.41. The van der Waals surface area contributed by atoms with Crippen LogP contribution in [0.4, 0.5) is 13.2 Å². The van der Waals surface area contributed by atoms with Gasteiger partial charge in [0.1, 0.15) is 0 Å². The second kappa shape index (κ2) is 9.07. The minimum atomic E-state index is -4.61. The molecule has 5 nitrogen and oxygen atoms in total. The van der Waals surface area contributed by atoms with E-state index in [0.717, 1.165) is 34.5 Å². The fourth-order valence-corrected chi connectivity index (χ4v) is 5.71. The highest BCUT2D eigenvalue weighted by atomic mass is 32.2. The lowest BCUT2D eigenvalue weighted by atomic mass is 9.96. The summed E-state index contributed by atoms with van der Waals surface area (Å²) in [7, 11) is -4.05. The molecule has 1 aliphatic rings. The van der Waals surface area contributed by atoms with E-state index < -0.39 is 21.8 Å². The van der Waals surface area contributed by atoms with Gasteiger partial charge in [-0.1, -0.05) is 6.07 Å². The lowest BCUT2D eigenvalue weighted by Gasteiger charge is -2.31. The number of carbonyl (C=O) groups excluding carboxylic acids is 1. The van der Waals surface area contributed by atoms with Gasteiger partial charge < -0.3 is 5.32 Å². The summed E-state index contributed by atoms with van der Waals surface area (Å²) in [4.78, 5) is 12.1. The van der Waals surface area contributed by atoms with Crippen LogP contribution in [0.1, 0.15) is 30.9 Å². The predicted octanol–water partition coefficient (Wildman–Crippen LogP) is 3.92. The van der Waals surface area contributed by atoms with Crippen molar-refractivity contribution in [2.75, 3.05) is 13.1 Å². The van der Waals surface area contributed by atoms with Crippen LogP contribution in [0, 0.1) is 5.92 Å². The zero-order valence-corrected chi connectivity index (χ0v) is 18.0. The number of hydrogen-bond donors (Lipinski definition) is 1. The minimum Gasteiger partial charge on any atom is -0.353 e. The number of alkyl halides is 3. The zero-order chi connectivity index (χ0) is 21.9. The Bertz CT molecular complexity index is 967. The summed E-state index contributed by atoms with van der Waals surface area (Å²) in [6.07, 6.45) is -3.24. The quantitative estimate of drug-likeness (QED) is 0.711. The molecule has 0 saturated carbocycles. The van der Waals surface area contributed by atoms with Gasteiger partial charge in [0.05, 0.1) is 10.5 Å². The van der Waals surface area contributed by atoms with Crippen molar-refractivity contribution in [3.05, 3.63) is 52.2 Å². The summed E-state index contributed by atoms with van der Waals surface area (Å²) in [6, 6.07) is 5.71. The van der Waals surface area contributed by atoms with Gasteiger partial charge in [0.2, 0.25) is 15.9 Å². The van der Waals surface area contributed by atoms with E-state index in [1.54, 1.807) is 11.3 Å². The Morgan fingerprint density at radius 3 is 2.57 bits per heavy atom. The number of piperidine rings is 1. The number of thiophene rings is 1. The number of halogens is 3. The molecule has 30 heavy (non-hydrogen) atoms. The van der Waals surface area contributed by atoms with E-state index >= 15 is 0 Å². The highest BCUT2D eigenvalue weighted by Gasteiger charge is 2.35. The van der Waals surface area contributed by atoms with Crippen molar-refractivity contribution in [2.45, 2.75) is 43.3 Å². The van der Waals surface area contributed by atoms with Crippen LogP contribution in [0.25, 0.3) is 0 Å². The molecular weight excluding hydrogens is 437 g/mol. The summed E-state index contributed by atoms with van der Waals surface area (Å²) < 4.78 is 65.4. The van der Waals surface area contributed by atoms with Gasteiger partial charge in [0, 0.05) is 25.0 Å². The lowest BCUT2D eigenvalue weighted by Crippen LogP contribution is -2.45. The van der Waals surface area contributed by atoms with E-state index in [2.05, 4.69) is 5.32 Å². The van der Waals surface area contributed by atoms with Gasteiger partial charge in [0.25, 0.3) is 0 Å². The molecule has 164 valence electrons. The molecule has 1 aromatic carbocycles. The van der Waals surface area contributed by atoms with Gasteiger partial charge >= 0.3 is 6.18 Å². The van der Waals surface area contributed by atoms with Crippen molar-refractivity contribution < 1.29 is 26.4 Å². The third-order valence-corrected chi connectivity index (χ3v) is 7.76. The first-order chi connectivity index (χ1) is 14.1. The average molecular weight is 461 g/mol. The van der Waals surface area contributed by atoms with Crippen LogP contribution in [0.3, 0.4) is 0 Å². The highest BCUT2D eigenvalue weighted by molar-refractivity contribution is 7.89. The van der Waals surface area contributed by atoms with E-state index in [-0.39, 0.29) is 35.9 Å². The van der Waals surface area contributed by atoms with Crippen LogP contribution < -0.4 is 5.32 Å². The Balaban J connectivity index is 1.58. The molecule has 1 fully saturated rings. The van der Waals surface area contributed by atoms with Crippen molar-refractivity contribution >= 4 is 27.3 Å². The van der Waals surface area contributed by atoms with Crippen LogP contribution >= 0.6 is 11.3 Å². The minimum absolute atomic E-state index is 0.0426. The first-order valence-electron chi connectivity index (χ1n) is 9.56. The molecule has 0 aliphatic carbocycles. The maximum atomic E-state index is 12.9. The second-order valence-corrected chi connectivity index (χ2v) is 10.2. The van der Waals surface area contributed by atoms with E-state index in [9.17, 15) is 26.4 Å². The molecule has 1 atom stereocenters. The van der Waals surface area contributed by atoms with E-state index in [4.69, 9.17) is 0 Å². The summed E-state index contributed by atoms with van der Waals surface area (Å²) in [6.45, 7) is 2.11. The van der Waals surface area contributed by atoms with E-state index in [1.807, 2.05) is 23.8 Å². The zero-order valence-electron chi connectivity index (χ0n) is 16.4. The molecule has 0 spiro atoms. The normalized spacial score (nSPS) is 17.6. The Morgan fingerprint density at radius 2 is 1.97 bits per heavy atom. The van der Waals surface area contributed by atoms with Gasteiger partial charge in [-0.25, -0.2) is 8.42 Å². The van der Waals surface area contributed by atoms with Gasteiger partial charge in [0.15, 0.2) is 0 Å². The molecule has 1 aliphatic heterocycles. The molecule has 0 bridgehead atoms. The summed E-state index contributed by atoms with van der Waals surface area (Å²) in [5.41, 5.74) is 0.146.